The van der Waals surface area contributed by atoms with Gasteiger partial charge in [-0.2, -0.15) is 5.10 Å². The van der Waals surface area contributed by atoms with Crippen LogP contribution in [0.2, 0.25) is 0 Å². The molecule has 0 radical (unpaired) electrons. The van der Waals surface area contributed by atoms with Crippen LogP contribution >= 0.6 is 0 Å². The van der Waals surface area contributed by atoms with Crippen LogP contribution in [-0.2, 0) is 0 Å². The molecule has 0 unspecified atom stereocenters. The number of carbonyl (C=O) groups is 1. The summed E-state index contributed by atoms with van der Waals surface area (Å²) in [6, 6.07) is 6.71. The van der Waals surface area contributed by atoms with Crippen molar-refractivity contribution in [1.82, 2.24) is 10.2 Å². The molecule has 0 bridgehead atoms. The average molecular weight is 231 g/mol. The molecule has 1 aliphatic heterocycles. The third-order valence-electron chi connectivity index (χ3n) is 2.38. The van der Waals surface area contributed by atoms with Crippen LogP contribution in [0.15, 0.2) is 30.5 Å². The Balaban J connectivity index is 1.82. The van der Waals surface area contributed by atoms with Crippen LogP contribution in [-0.4, -0.2) is 22.9 Å². The lowest BCUT2D eigenvalue weighted by molar-refractivity contribution is 0.102. The number of aromatic amines is 1. The molecule has 1 aromatic heterocycles. The quantitative estimate of drug-likeness (QED) is 0.818. The Hall–Kier alpha value is -2.50. The molecule has 2 aromatic rings. The van der Waals surface area contributed by atoms with Crippen LogP contribution in [0.3, 0.4) is 0 Å². The fourth-order valence-electron chi connectivity index (χ4n) is 1.56. The first-order valence-electron chi connectivity index (χ1n) is 5.03. The van der Waals surface area contributed by atoms with E-state index in [0.717, 1.165) is 0 Å². The van der Waals surface area contributed by atoms with E-state index in [0.29, 0.717) is 22.9 Å². The molecule has 0 spiro atoms. The second-order valence-electron chi connectivity index (χ2n) is 3.49. The number of H-pyrrole nitrogens is 1. The highest BCUT2D eigenvalue weighted by molar-refractivity contribution is 6.04. The van der Waals surface area contributed by atoms with Gasteiger partial charge in [-0.15, -0.1) is 0 Å². The summed E-state index contributed by atoms with van der Waals surface area (Å²) in [7, 11) is 0. The van der Waals surface area contributed by atoms with Crippen LogP contribution in [0.1, 0.15) is 10.4 Å². The molecule has 0 fully saturated rings. The Kier molecular flexibility index (Phi) is 2.18. The molecule has 1 aromatic carbocycles. The van der Waals surface area contributed by atoms with Crippen molar-refractivity contribution in [2.24, 2.45) is 0 Å². The summed E-state index contributed by atoms with van der Waals surface area (Å²) in [6.45, 7) is 0.195. The lowest BCUT2D eigenvalue weighted by Crippen LogP contribution is -2.11. The minimum Gasteiger partial charge on any atom is -0.454 e. The van der Waals surface area contributed by atoms with Crippen LogP contribution < -0.4 is 14.8 Å². The van der Waals surface area contributed by atoms with E-state index in [1.165, 1.54) is 0 Å². The molecule has 0 saturated heterocycles. The van der Waals surface area contributed by atoms with Gasteiger partial charge in [0.2, 0.25) is 6.79 Å². The predicted molar refractivity (Wildman–Crippen MR) is 59.1 cm³/mol. The number of benzene rings is 1. The van der Waals surface area contributed by atoms with Crippen molar-refractivity contribution in [3.05, 3.63) is 36.0 Å². The third kappa shape index (κ3) is 1.80. The fourth-order valence-corrected chi connectivity index (χ4v) is 1.56. The van der Waals surface area contributed by atoms with E-state index in [2.05, 4.69) is 15.5 Å². The Bertz CT molecular complexity index is 551. The number of nitrogens with zero attached hydrogens (tertiary/aromatic N) is 1. The standard InChI is InChI=1S/C11H9N3O3/c15-11(13-10-3-4-12-14-10)7-1-2-8-9(5-7)17-6-16-8/h1-5H,6H2,(H2,12,13,14,15). The number of anilines is 1. The van der Waals surface area contributed by atoms with Gasteiger partial charge in [-0.1, -0.05) is 0 Å². The molecule has 1 amide bonds. The van der Waals surface area contributed by atoms with Crippen molar-refractivity contribution in [2.45, 2.75) is 0 Å². The summed E-state index contributed by atoms with van der Waals surface area (Å²) in [5.41, 5.74) is 0.504. The number of rotatable bonds is 2. The van der Waals surface area contributed by atoms with Crippen LogP contribution in [0.5, 0.6) is 11.5 Å². The predicted octanol–water partition coefficient (Wildman–Crippen LogP) is 1.39. The van der Waals surface area contributed by atoms with Crippen molar-refractivity contribution in [3.63, 3.8) is 0 Å². The van der Waals surface area contributed by atoms with Crippen LogP contribution in [0, 0.1) is 0 Å². The highest BCUT2D eigenvalue weighted by Crippen LogP contribution is 2.32. The normalized spacial score (nSPS) is 12.5. The van der Waals surface area contributed by atoms with Crippen molar-refractivity contribution in [3.8, 4) is 11.5 Å². The smallest absolute Gasteiger partial charge is 0.256 e. The van der Waals surface area contributed by atoms with Crippen molar-refractivity contribution in [2.75, 3.05) is 12.1 Å². The summed E-state index contributed by atoms with van der Waals surface area (Å²) in [5, 5.41) is 9.07. The second-order valence-corrected chi connectivity index (χ2v) is 3.49. The SMILES string of the molecule is O=C(Nc1ccn[nH]1)c1ccc2c(c1)OCO2. The molecule has 2 heterocycles. The Morgan fingerprint density at radius 1 is 1.29 bits per heavy atom. The van der Waals surface area contributed by atoms with E-state index in [4.69, 9.17) is 9.47 Å². The highest BCUT2D eigenvalue weighted by atomic mass is 16.7. The molecule has 0 saturated carbocycles. The number of aromatic nitrogens is 2. The maximum absolute atomic E-state index is 11.9. The maximum Gasteiger partial charge on any atom is 0.256 e. The van der Waals surface area contributed by atoms with Gasteiger partial charge >= 0.3 is 0 Å². The van der Waals surface area contributed by atoms with Gasteiger partial charge in [0.1, 0.15) is 5.82 Å². The van der Waals surface area contributed by atoms with E-state index in [9.17, 15) is 4.79 Å². The molecule has 2 N–H and O–H groups in total. The zero-order chi connectivity index (χ0) is 11.7. The molecule has 17 heavy (non-hydrogen) atoms. The molecular formula is C11H9N3O3. The van der Waals surface area contributed by atoms with Crippen LogP contribution in [0.25, 0.3) is 0 Å². The van der Waals surface area contributed by atoms with Crippen molar-refractivity contribution >= 4 is 11.7 Å². The van der Waals surface area contributed by atoms with Gasteiger partial charge in [0.25, 0.3) is 5.91 Å². The Morgan fingerprint density at radius 3 is 3.00 bits per heavy atom. The first kappa shape index (κ1) is 9.71. The zero-order valence-electron chi connectivity index (χ0n) is 8.77. The van der Waals surface area contributed by atoms with Gasteiger partial charge in [0.05, 0.1) is 6.20 Å². The van der Waals surface area contributed by atoms with Gasteiger partial charge in [0.15, 0.2) is 11.5 Å². The van der Waals surface area contributed by atoms with Crippen molar-refractivity contribution < 1.29 is 14.3 Å². The topological polar surface area (TPSA) is 76.2 Å². The van der Waals surface area contributed by atoms with Crippen LogP contribution in [0.4, 0.5) is 5.82 Å². The molecule has 6 nitrogen and oxygen atoms in total. The first-order chi connectivity index (χ1) is 8.33. The van der Waals surface area contributed by atoms with E-state index in [-0.39, 0.29) is 12.7 Å². The minimum absolute atomic E-state index is 0.195. The molecule has 86 valence electrons. The highest BCUT2D eigenvalue weighted by Gasteiger charge is 2.16. The van der Waals surface area contributed by atoms with E-state index < -0.39 is 0 Å². The summed E-state index contributed by atoms with van der Waals surface area (Å²) >= 11 is 0. The molecule has 0 aliphatic carbocycles. The fraction of sp³-hybridized carbons (Fsp3) is 0.0909. The van der Waals surface area contributed by atoms with E-state index in [1.54, 1.807) is 30.5 Å². The molecule has 0 atom stereocenters. The Labute approximate surface area is 96.5 Å². The monoisotopic (exact) mass is 231 g/mol. The summed E-state index contributed by atoms with van der Waals surface area (Å²) in [6.07, 6.45) is 1.56. The zero-order valence-corrected chi connectivity index (χ0v) is 8.77. The maximum atomic E-state index is 11.9. The van der Waals surface area contributed by atoms with Crippen molar-refractivity contribution in [1.29, 1.82) is 0 Å². The number of fused-ring (bicyclic) bond motifs is 1. The number of hydrogen-bond donors (Lipinski definition) is 2. The van der Waals surface area contributed by atoms with Gasteiger partial charge in [-0.3, -0.25) is 9.89 Å². The minimum atomic E-state index is -0.229. The summed E-state index contributed by atoms with van der Waals surface area (Å²) in [4.78, 5) is 11.9. The second kappa shape index (κ2) is 3.82. The lowest BCUT2D eigenvalue weighted by atomic mass is 10.2. The summed E-state index contributed by atoms with van der Waals surface area (Å²) in [5.74, 6) is 1.56. The largest absolute Gasteiger partial charge is 0.454 e. The third-order valence-corrected chi connectivity index (χ3v) is 2.38. The van der Waals surface area contributed by atoms with Gasteiger partial charge in [0, 0.05) is 11.6 Å². The van der Waals surface area contributed by atoms with E-state index in [1.807, 2.05) is 0 Å². The molecule has 6 heteroatoms. The molecule has 3 rings (SSSR count). The molecular weight excluding hydrogens is 222 g/mol. The number of amides is 1. The lowest BCUT2D eigenvalue weighted by Gasteiger charge is -2.03. The van der Waals surface area contributed by atoms with Gasteiger partial charge in [-0.25, -0.2) is 0 Å². The van der Waals surface area contributed by atoms with Gasteiger partial charge in [-0.05, 0) is 18.2 Å². The number of carbonyl (C=O) groups excluding carboxylic acids is 1. The first-order valence-corrected chi connectivity index (χ1v) is 5.03. The average Bonchev–Trinajstić information content (AvgIpc) is 2.97. The molecule has 1 aliphatic rings. The number of hydrogen-bond acceptors (Lipinski definition) is 4. The number of ether oxygens (including phenoxy) is 2. The van der Waals surface area contributed by atoms with E-state index >= 15 is 0 Å². The van der Waals surface area contributed by atoms with Gasteiger partial charge < -0.3 is 14.8 Å². The summed E-state index contributed by atoms with van der Waals surface area (Å²) < 4.78 is 10.4. The Morgan fingerprint density at radius 2 is 2.18 bits per heavy atom. The number of nitrogens with one attached hydrogen (secondary N) is 2.